The van der Waals surface area contributed by atoms with Crippen LogP contribution in [-0.4, -0.2) is 30.1 Å². The van der Waals surface area contributed by atoms with Gasteiger partial charge in [0.25, 0.3) is 0 Å². The fraction of sp³-hybridized carbons (Fsp3) is 1.00. The molecule has 0 aromatic carbocycles. The molecule has 0 spiro atoms. The molecule has 0 bridgehead atoms. The average Bonchev–Trinajstić information content (AvgIpc) is 2.16. The van der Waals surface area contributed by atoms with Crippen LogP contribution in [0.2, 0.25) is 0 Å². The molecule has 2 N–H and O–H groups in total. The first-order valence-corrected chi connectivity index (χ1v) is 7.40. The zero-order valence-electron chi connectivity index (χ0n) is 12.9. The van der Waals surface area contributed by atoms with E-state index in [-0.39, 0.29) is 0 Å². The summed E-state index contributed by atoms with van der Waals surface area (Å²) in [7, 11) is 0. The highest BCUT2D eigenvalue weighted by Crippen LogP contribution is 2.13. The van der Waals surface area contributed by atoms with Gasteiger partial charge in [0.1, 0.15) is 0 Å². The molecular weight excluding hydrogens is 208 g/mol. The van der Waals surface area contributed by atoms with E-state index < -0.39 is 0 Å². The van der Waals surface area contributed by atoms with Crippen LogP contribution in [0.25, 0.3) is 0 Å². The largest absolute Gasteiger partial charge is 0.327 e. The molecule has 104 valence electrons. The van der Waals surface area contributed by atoms with Crippen LogP contribution < -0.4 is 5.73 Å². The highest BCUT2D eigenvalue weighted by atomic mass is 15.2. The summed E-state index contributed by atoms with van der Waals surface area (Å²) in [6.07, 6.45) is 3.60. The Morgan fingerprint density at radius 3 is 1.76 bits per heavy atom. The van der Waals surface area contributed by atoms with E-state index >= 15 is 0 Å². The molecule has 0 aliphatic rings. The van der Waals surface area contributed by atoms with Gasteiger partial charge in [-0.05, 0) is 31.1 Å². The first kappa shape index (κ1) is 16.9. The maximum atomic E-state index is 6.26. The van der Waals surface area contributed by atoms with E-state index in [1.165, 1.54) is 19.4 Å². The molecule has 0 amide bonds. The van der Waals surface area contributed by atoms with E-state index in [1.807, 2.05) is 0 Å². The third-order valence-corrected chi connectivity index (χ3v) is 3.30. The van der Waals surface area contributed by atoms with Crippen molar-refractivity contribution in [3.05, 3.63) is 0 Å². The summed E-state index contributed by atoms with van der Waals surface area (Å²) < 4.78 is 0. The van der Waals surface area contributed by atoms with Gasteiger partial charge >= 0.3 is 0 Å². The molecule has 0 fully saturated rings. The minimum absolute atomic E-state index is 0.328. The summed E-state index contributed by atoms with van der Waals surface area (Å²) in [4.78, 5) is 2.61. The van der Waals surface area contributed by atoms with Crippen molar-refractivity contribution in [3.63, 3.8) is 0 Å². The Hall–Kier alpha value is -0.0800. The normalized spacial score (nSPS) is 14.3. The van der Waals surface area contributed by atoms with Gasteiger partial charge in [-0.2, -0.15) is 0 Å². The Kier molecular flexibility index (Phi) is 8.89. The first-order chi connectivity index (χ1) is 7.90. The molecule has 0 radical (unpaired) electrons. The predicted octanol–water partition coefficient (Wildman–Crippen LogP) is 3.51. The molecule has 17 heavy (non-hydrogen) atoms. The number of nitrogens with zero attached hydrogens (tertiary/aromatic N) is 1. The standard InChI is InChI=1S/C15H34N2/c1-7-15(8-2)17(10-13(5)6)11-14(16)9-12(3)4/h12-15H,7-11,16H2,1-6H3. The third kappa shape index (κ3) is 7.77. The van der Waals surface area contributed by atoms with Crippen molar-refractivity contribution in [1.29, 1.82) is 0 Å². The minimum atomic E-state index is 0.328. The molecule has 0 rings (SSSR count). The van der Waals surface area contributed by atoms with E-state index in [2.05, 4.69) is 46.4 Å². The van der Waals surface area contributed by atoms with Crippen LogP contribution in [0, 0.1) is 11.8 Å². The van der Waals surface area contributed by atoms with E-state index in [0.29, 0.717) is 18.0 Å². The molecular formula is C15H34N2. The highest BCUT2D eigenvalue weighted by Gasteiger charge is 2.19. The molecule has 0 aromatic rings. The van der Waals surface area contributed by atoms with Crippen LogP contribution in [0.3, 0.4) is 0 Å². The summed E-state index contributed by atoms with van der Waals surface area (Å²) in [5.41, 5.74) is 6.26. The lowest BCUT2D eigenvalue weighted by Crippen LogP contribution is -2.45. The van der Waals surface area contributed by atoms with Crippen molar-refractivity contribution in [3.8, 4) is 0 Å². The van der Waals surface area contributed by atoms with Crippen LogP contribution in [0.5, 0.6) is 0 Å². The van der Waals surface area contributed by atoms with Crippen LogP contribution in [0.4, 0.5) is 0 Å². The highest BCUT2D eigenvalue weighted by molar-refractivity contribution is 4.76. The molecule has 2 heteroatoms. The van der Waals surface area contributed by atoms with E-state index in [9.17, 15) is 0 Å². The molecule has 0 aliphatic heterocycles. The van der Waals surface area contributed by atoms with Gasteiger partial charge in [-0.25, -0.2) is 0 Å². The lowest BCUT2D eigenvalue weighted by molar-refractivity contribution is 0.151. The Balaban J connectivity index is 4.36. The lowest BCUT2D eigenvalue weighted by atomic mass is 10.0. The Morgan fingerprint density at radius 2 is 1.41 bits per heavy atom. The van der Waals surface area contributed by atoms with Crippen LogP contribution in [0.15, 0.2) is 0 Å². The van der Waals surface area contributed by atoms with Gasteiger partial charge in [-0.1, -0.05) is 41.5 Å². The molecule has 0 saturated carbocycles. The fourth-order valence-corrected chi connectivity index (χ4v) is 2.63. The number of nitrogens with two attached hydrogens (primary N) is 1. The van der Waals surface area contributed by atoms with Crippen molar-refractivity contribution in [2.45, 2.75) is 72.9 Å². The molecule has 2 nitrogen and oxygen atoms in total. The summed E-state index contributed by atoms with van der Waals surface area (Å²) >= 11 is 0. The van der Waals surface area contributed by atoms with Crippen molar-refractivity contribution in [1.82, 2.24) is 4.90 Å². The summed E-state index contributed by atoms with van der Waals surface area (Å²) in [5, 5.41) is 0. The third-order valence-electron chi connectivity index (χ3n) is 3.30. The fourth-order valence-electron chi connectivity index (χ4n) is 2.63. The maximum absolute atomic E-state index is 6.26. The maximum Gasteiger partial charge on any atom is 0.0170 e. The van der Waals surface area contributed by atoms with Crippen molar-refractivity contribution in [2.75, 3.05) is 13.1 Å². The minimum Gasteiger partial charge on any atom is -0.327 e. The second kappa shape index (κ2) is 8.93. The lowest BCUT2D eigenvalue weighted by Gasteiger charge is -2.34. The Bertz CT molecular complexity index is 174. The molecule has 0 heterocycles. The van der Waals surface area contributed by atoms with Gasteiger partial charge in [0, 0.05) is 25.2 Å². The average molecular weight is 242 g/mol. The Morgan fingerprint density at radius 1 is 0.882 bits per heavy atom. The van der Waals surface area contributed by atoms with Gasteiger partial charge in [0.05, 0.1) is 0 Å². The number of rotatable bonds is 9. The zero-order valence-corrected chi connectivity index (χ0v) is 12.9. The van der Waals surface area contributed by atoms with Crippen molar-refractivity contribution in [2.24, 2.45) is 17.6 Å². The predicted molar refractivity (Wildman–Crippen MR) is 78.2 cm³/mol. The number of hydrogen-bond donors (Lipinski definition) is 1. The molecule has 1 unspecified atom stereocenters. The van der Waals surface area contributed by atoms with Gasteiger partial charge < -0.3 is 5.73 Å². The van der Waals surface area contributed by atoms with Crippen molar-refractivity contribution >= 4 is 0 Å². The Labute approximate surface area is 109 Å². The smallest absolute Gasteiger partial charge is 0.0170 e. The van der Waals surface area contributed by atoms with E-state index in [1.54, 1.807) is 0 Å². The van der Waals surface area contributed by atoms with Gasteiger partial charge in [0.15, 0.2) is 0 Å². The second-order valence-electron chi connectivity index (χ2n) is 6.21. The second-order valence-corrected chi connectivity index (χ2v) is 6.21. The summed E-state index contributed by atoms with van der Waals surface area (Å²) in [6.45, 7) is 15.9. The summed E-state index contributed by atoms with van der Waals surface area (Å²) in [5.74, 6) is 1.43. The molecule has 0 saturated heterocycles. The van der Waals surface area contributed by atoms with Crippen molar-refractivity contribution < 1.29 is 0 Å². The van der Waals surface area contributed by atoms with E-state index in [4.69, 9.17) is 5.73 Å². The van der Waals surface area contributed by atoms with Crippen LogP contribution >= 0.6 is 0 Å². The van der Waals surface area contributed by atoms with Gasteiger partial charge in [-0.3, -0.25) is 4.90 Å². The number of hydrogen-bond acceptors (Lipinski definition) is 2. The SMILES string of the molecule is CCC(CC)N(CC(C)C)CC(N)CC(C)C. The molecule has 0 aliphatic carbocycles. The van der Waals surface area contributed by atoms with Crippen LogP contribution in [0.1, 0.15) is 60.8 Å². The quantitative estimate of drug-likeness (QED) is 0.670. The zero-order chi connectivity index (χ0) is 13.4. The summed E-state index contributed by atoms with van der Waals surface area (Å²) in [6, 6.07) is 1.03. The van der Waals surface area contributed by atoms with Gasteiger partial charge in [0.2, 0.25) is 0 Å². The topological polar surface area (TPSA) is 29.3 Å². The first-order valence-electron chi connectivity index (χ1n) is 7.40. The van der Waals surface area contributed by atoms with Gasteiger partial charge in [-0.15, -0.1) is 0 Å². The van der Waals surface area contributed by atoms with E-state index in [0.717, 1.165) is 18.9 Å². The molecule has 0 aromatic heterocycles. The monoisotopic (exact) mass is 242 g/mol. The molecule has 1 atom stereocenters. The van der Waals surface area contributed by atoms with Crippen LogP contribution in [-0.2, 0) is 0 Å².